The van der Waals surface area contributed by atoms with E-state index in [9.17, 15) is 9.59 Å². The molecule has 23 heavy (non-hydrogen) atoms. The zero-order valence-electron chi connectivity index (χ0n) is 13.2. The maximum atomic E-state index is 12.1. The molecular weight excluding hydrogens is 312 g/mol. The van der Waals surface area contributed by atoms with Crippen LogP contribution in [0.25, 0.3) is 10.4 Å². The number of nitrogens with one attached hydrogen (secondary N) is 1. The van der Waals surface area contributed by atoms with Crippen LogP contribution < -0.4 is 5.32 Å². The molecular formula is C17H20N2O3S. The number of ether oxygens (including phenoxy) is 1. The van der Waals surface area contributed by atoms with E-state index in [0.717, 1.165) is 16.1 Å². The van der Waals surface area contributed by atoms with Gasteiger partial charge in [0, 0.05) is 36.1 Å². The Hall–Kier alpha value is -2.34. The molecule has 0 bridgehead atoms. The molecule has 0 unspecified atom stereocenters. The van der Waals surface area contributed by atoms with Crippen LogP contribution in [0.4, 0.5) is 10.5 Å². The third-order valence-electron chi connectivity index (χ3n) is 3.37. The summed E-state index contributed by atoms with van der Waals surface area (Å²) in [5.74, 6) is -0.0627. The lowest BCUT2D eigenvalue weighted by molar-refractivity contribution is -0.116. The highest BCUT2D eigenvalue weighted by atomic mass is 32.1. The Morgan fingerprint density at radius 2 is 2.00 bits per heavy atom. The Morgan fingerprint density at radius 1 is 1.22 bits per heavy atom. The van der Waals surface area contributed by atoms with Gasteiger partial charge in [0.05, 0.1) is 7.11 Å². The summed E-state index contributed by atoms with van der Waals surface area (Å²) in [7, 11) is 2.99. The number of amides is 2. The fourth-order valence-electron chi connectivity index (χ4n) is 2.18. The zero-order chi connectivity index (χ0) is 16.7. The summed E-state index contributed by atoms with van der Waals surface area (Å²) in [4.78, 5) is 25.9. The van der Waals surface area contributed by atoms with Crippen LogP contribution in [0.3, 0.4) is 0 Å². The molecule has 0 aliphatic heterocycles. The minimum atomic E-state index is -0.395. The van der Waals surface area contributed by atoms with Crippen LogP contribution in [-0.2, 0) is 9.53 Å². The van der Waals surface area contributed by atoms with Gasteiger partial charge < -0.3 is 15.0 Å². The highest BCUT2D eigenvalue weighted by Gasteiger charge is 2.11. The lowest BCUT2D eigenvalue weighted by Crippen LogP contribution is -2.28. The molecule has 1 N–H and O–H groups in total. The van der Waals surface area contributed by atoms with Gasteiger partial charge in [-0.1, -0.05) is 24.3 Å². The third-order valence-corrected chi connectivity index (χ3v) is 4.27. The van der Waals surface area contributed by atoms with Crippen LogP contribution in [0.2, 0.25) is 0 Å². The highest BCUT2D eigenvalue weighted by Crippen LogP contribution is 2.31. The summed E-state index contributed by atoms with van der Waals surface area (Å²) in [6.07, 6.45) is 0.534. The average Bonchev–Trinajstić information content (AvgIpc) is 3.08. The summed E-state index contributed by atoms with van der Waals surface area (Å²) in [6, 6.07) is 11.8. The van der Waals surface area contributed by atoms with E-state index in [-0.39, 0.29) is 5.91 Å². The molecule has 2 amide bonds. The summed E-state index contributed by atoms with van der Waals surface area (Å²) in [5, 5.41) is 4.96. The topological polar surface area (TPSA) is 58.6 Å². The summed E-state index contributed by atoms with van der Waals surface area (Å²) >= 11 is 1.64. The van der Waals surface area contributed by atoms with Gasteiger partial charge in [-0.25, -0.2) is 4.79 Å². The largest absolute Gasteiger partial charge is 0.453 e. The number of para-hydroxylation sites is 1. The van der Waals surface area contributed by atoms with Crippen molar-refractivity contribution in [2.24, 2.45) is 0 Å². The second-order valence-corrected chi connectivity index (χ2v) is 6.01. The van der Waals surface area contributed by atoms with Gasteiger partial charge in [-0.2, -0.15) is 0 Å². The van der Waals surface area contributed by atoms with Crippen LogP contribution in [0, 0.1) is 0 Å². The van der Waals surface area contributed by atoms with Crippen LogP contribution in [0.1, 0.15) is 12.8 Å². The number of carbonyl (C=O) groups excluding carboxylic acids is 2. The smallest absolute Gasteiger partial charge is 0.409 e. The van der Waals surface area contributed by atoms with Crippen molar-refractivity contribution in [3.8, 4) is 10.4 Å². The van der Waals surface area contributed by atoms with E-state index in [1.54, 1.807) is 18.4 Å². The van der Waals surface area contributed by atoms with Crippen molar-refractivity contribution in [3.63, 3.8) is 0 Å². The Kier molecular flexibility index (Phi) is 6.17. The average molecular weight is 332 g/mol. The summed E-state index contributed by atoms with van der Waals surface area (Å²) in [6.45, 7) is 0.479. The van der Waals surface area contributed by atoms with Crippen molar-refractivity contribution >= 4 is 29.0 Å². The molecule has 0 fully saturated rings. The van der Waals surface area contributed by atoms with E-state index in [1.807, 2.05) is 41.8 Å². The molecule has 0 radical (unpaired) electrons. The molecule has 2 aromatic rings. The second-order valence-electron chi connectivity index (χ2n) is 5.07. The predicted molar refractivity (Wildman–Crippen MR) is 92.7 cm³/mol. The molecule has 1 aromatic carbocycles. The Bertz CT molecular complexity index is 656. The molecule has 1 aromatic heterocycles. The fraction of sp³-hybridized carbons (Fsp3) is 0.294. The molecule has 0 saturated heterocycles. The zero-order valence-corrected chi connectivity index (χ0v) is 14.1. The summed E-state index contributed by atoms with van der Waals surface area (Å²) < 4.78 is 4.61. The Balaban J connectivity index is 1.90. The van der Waals surface area contributed by atoms with Crippen LogP contribution in [0.15, 0.2) is 41.8 Å². The van der Waals surface area contributed by atoms with Crippen molar-refractivity contribution < 1.29 is 14.3 Å². The van der Waals surface area contributed by atoms with E-state index in [2.05, 4.69) is 10.1 Å². The van der Waals surface area contributed by atoms with Gasteiger partial charge in [0.1, 0.15) is 0 Å². The van der Waals surface area contributed by atoms with E-state index in [0.29, 0.717) is 19.4 Å². The minimum Gasteiger partial charge on any atom is -0.453 e. The molecule has 0 aliphatic carbocycles. The molecule has 122 valence electrons. The van der Waals surface area contributed by atoms with Gasteiger partial charge in [0.15, 0.2) is 0 Å². The van der Waals surface area contributed by atoms with Crippen molar-refractivity contribution in [1.82, 2.24) is 4.90 Å². The first-order valence-electron chi connectivity index (χ1n) is 7.33. The van der Waals surface area contributed by atoms with Crippen molar-refractivity contribution in [2.75, 3.05) is 26.0 Å². The van der Waals surface area contributed by atoms with Gasteiger partial charge in [-0.15, -0.1) is 11.3 Å². The third kappa shape index (κ3) is 4.82. The number of thiophene rings is 1. The van der Waals surface area contributed by atoms with Gasteiger partial charge in [-0.05, 0) is 23.9 Å². The molecule has 0 saturated carbocycles. The van der Waals surface area contributed by atoms with Crippen LogP contribution in [0.5, 0.6) is 0 Å². The van der Waals surface area contributed by atoms with E-state index < -0.39 is 6.09 Å². The van der Waals surface area contributed by atoms with Gasteiger partial charge in [-0.3, -0.25) is 4.79 Å². The van der Waals surface area contributed by atoms with Gasteiger partial charge in [0.2, 0.25) is 5.91 Å². The van der Waals surface area contributed by atoms with Gasteiger partial charge >= 0.3 is 6.09 Å². The van der Waals surface area contributed by atoms with Crippen LogP contribution in [-0.4, -0.2) is 37.6 Å². The normalized spacial score (nSPS) is 10.2. The molecule has 2 rings (SSSR count). The number of nitrogens with zero attached hydrogens (tertiary/aromatic N) is 1. The quantitative estimate of drug-likeness (QED) is 0.874. The lowest BCUT2D eigenvalue weighted by Gasteiger charge is -2.15. The number of benzene rings is 1. The SMILES string of the molecule is COC(=O)N(C)CCCC(=O)Nc1ccccc1-c1cccs1. The maximum Gasteiger partial charge on any atom is 0.409 e. The lowest BCUT2D eigenvalue weighted by atomic mass is 10.1. The van der Waals surface area contributed by atoms with E-state index in [4.69, 9.17) is 0 Å². The fourth-order valence-corrected chi connectivity index (χ4v) is 2.94. The van der Waals surface area contributed by atoms with Crippen molar-refractivity contribution in [1.29, 1.82) is 0 Å². The maximum absolute atomic E-state index is 12.1. The molecule has 6 heteroatoms. The first kappa shape index (κ1) is 17.0. The Morgan fingerprint density at radius 3 is 2.70 bits per heavy atom. The monoisotopic (exact) mass is 332 g/mol. The highest BCUT2D eigenvalue weighted by molar-refractivity contribution is 7.13. The van der Waals surface area contributed by atoms with Crippen molar-refractivity contribution in [3.05, 3.63) is 41.8 Å². The number of anilines is 1. The first-order chi connectivity index (χ1) is 11.1. The number of rotatable bonds is 6. The number of hydrogen-bond donors (Lipinski definition) is 1. The number of carbonyl (C=O) groups is 2. The minimum absolute atomic E-state index is 0.0627. The first-order valence-corrected chi connectivity index (χ1v) is 8.21. The van der Waals surface area contributed by atoms with Crippen molar-refractivity contribution in [2.45, 2.75) is 12.8 Å². The van der Waals surface area contributed by atoms with Crippen LogP contribution >= 0.6 is 11.3 Å². The second kappa shape index (κ2) is 8.33. The molecule has 0 spiro atoms. The molecule has 1 heterocycles. The number of hydrogen-bond acceptors (Lipinski definition) is 4. The predicted octanol–water partition coefficient (Wildman–Crippen LogP) is 3.83. The standard InChI is InChI=1S/C17H20N2O3S/c1-19(17(21)22-2)11-5-10-16(20)18-14-8-4-3-7-13(14)15-9-6-12-23-15/h3-4,6-9,12H,5,10-11H2,1-2H3,(H,18,20). The van der Waals surface area contributed by atoms with Gasteiger partial charge in [0.25, 0.3) is 0 Å². The summed E-state index contributed by atoms with van der Waals surface area (Å²) in [5.41, 5.74) is 1.82. The van der Waals surface area contributed by atoms with E-state index in [1.165, 1.54) is 12.0 Å². The van der Waals surface area contributed by atoms with E-state index >= 15 is 0 Å². The Labute approximate surface area is 139 Å². The molecule has 0 atom stereocenters. The molecule has 5 nitrogen and oxygen atoms in total. The number of methoxy groups -OCH3 is 1. The molecule has 0 aliphatic rings.